The summed E-state index contributed by atoms with van der Waals surface area (Å²) in [6, 6.07) is 0.0398. The van der Waals surface area contributed by atoms with Gasteiger partial charge in [-0.1, -0.05) is 0 Å². The maximum Gasteiger partial charge on any atom is 0.391 e. The van der Waals surface area contributed by atoms with Crippen molar-refractivity contribution >= 4 is 5.97 Å². The van der Waals surface area contributed by atoms with E-state index in [4.69, 9.17) is 5.11 Å². The van der Waals surface area contributed by atoms with Gasteiger partial charge in [0.05, 0.1) is 12.3 Å². The Hall–Kier alpha value is -0.780. The number of halogens is 3. The molecule has 3 nitrogen and oxygen atoms in total. The molecule has 0 spiro atoms. The largest absolute Gasteiger partial charge is 0.481 e. The van der Waals surface area contributed by atoms with E-state index < -0.39 is 18.1 Å². The van der Waals surface area contributed by atoms with Gasteiger partial charge in [0, 0.05) is 12.6 Å². The van der Waals surface area contributed by atoms with Crippen LogP contribution >= 0.6 is 0 Å². The summed E-state index contributed by atoms with van der Waals surface area (Å²) in [6.45, 7) is 0.330. The van der Waals surface area contributed by atoms with Crippen LogP contribution in [0.15, 0.2) is 0 Å². The van der Waals surface area contributed by atoms with E-state index in [2.05, 4.69) is 5.32 Å². The lowest BCUT2D eigenvalue weighted by atomic mass is 9.85. The SMILES string of the molecule is O=C(O)CCNC1CCC(C(F)(F)F)CC1. The normalized spacial score (nSPS) is 26.7. The highest BCUT2D eigenvalue weighted by molar-refractivity contribution is 5.66. The summed E-state index contributed by atoms with van der Waals surface area (Å²) < 4.78 is 37.0. The molecule has 0 aliphatic heterocycles. The topological polar surface area (TPSA) is 49.3 Å². The Kier molecular flexibility index (Phi) is 4.58. The summed E-state index contributed by atoms with van der Waals surface area (Å²) in [7, 11) is 0. The van der Waals surface area contributed by atoms with Crippen molar-refractivity contribution in [3.05, 3.63) is 0 Å². The van der Waals surface area contributed by atoms with Crippen molar-refractivity contribution in [2.24, 2.45) is 5.92 Å². The van der Waals surface area contributed by atoms with Gasteiger partial charge < -0.3 is 10.4 Å². The molecule has 1 saturated carbocycles. The Morgan fingerprint density at radius 3 is 2.25 bits per heavy atom. The first kappa shape index (κ1) is 13.3. The zero-order valence-electron chi connectivity index (χ0n) is 8.89. The van der Waals surface area contributed by atoms with Gasteiger partial charge in [-0.3, -0.25) is 4.79 Å². The van der Waals surface area contributed by atoms with Crippen LogP contribution in [0.3, 0.4) is 0 Å². The molecule has 0 aromatic carbocycles. The monoisotopic (exact) mass is 239 g/mol. The molecule has 0 amide bonds. The van der Waals surface area contributed by atoms with E-state index in [1.807, 2.05) is 0 Å². The standard InChI is InChI=1S/C10H16F3NO2/c11-10(12,13)7-1-3-8(4-2-7)14-6-5-9(15)16/h7-8,14H,1-6H2,(H,15,16). The Morgan fingerprint density at radius 1 is 1.25 bits per heavy atom. The number of carboxylic acid groups (broad SMARTS) is 1. The van der Waals surface area contributed by atoms with Gasteiger partial charge in [0.25, 0.3) is 0 Å². The number of hydrogen-bond acceptors (Lipinski definition) is 2. The third-order valence-corrected chi connectivity index (χ3v) is 2.96. The van der Waals surface area contributed by atoms with Crippen molar-refractivity contribution in [1.82, 2.24) is 5.32 Å². The summed E-state index contributed by atoms with van der Waals surface area (Å²) in [5.74, 6) is -2.07. The number of alkyl halides is 3. The van der Waals surface area contributed by atoms with Crippen LogP contribution in [0, 0.1) is 5.92 Å². The number of nitrogens with one attached hydrogen (secondary N) is 1. The first-order chi connectivity index (χ1) is 7.39. The average molecular weight is 239 g/mol. The molecule has 1 aliphatic carbocycles. The smallest absolute Gasteiger partial charge is 0.391 e. The van der Waals surface area contributed by atoms with Gasteiger partial charge in [-0.2, -0.15) is 13.2 Å². The molecule has 0 aromatic heterocycles. The second kappa shape index (κ2) is 5.52. The second-order valence-corrected chi connectivity index (χ2v) is 4.19. The molecule has 16 heavy (non-hydrogen) atoms. The minimum Gasteiger partial charge on any atom is -0.481 e. The predicted octanol–water partition coefficient (Wildman–Crippen LogP) is 2.17. The molecule has 0 aromatic rings. The van der Waals surface area contributed by atoms with E-state index in [0.29, 0.717) is 19.4 Å². The van der Waals surface area contributed by atoms with Crippen LogP contribution < -0.4 is 5.32 Å². The first-order valence-electron chi connectivity index (χ1n) is 5.41. The van der Waals surface area contributed by atoms with Crippen LogP contribution in [-0.4, -0.2) is 29.8 Å². The Bertz CT molecular complexity index is 235. The number of rotatable bonds is 4. The molecule has 0 unspecified atom stereocenters. The fourth-order valence-corrected chi connectivity index (χ4v) is 2.01. The molecular formula is C10H16F3NO2. The van der Waals surface area contributed by atoms with Gasteiger partial charge in [-0.05, 0) is 25.7 Å². The highest BCUT2D eigenvalue weighted by atomic mass is 19.4. The summed E-state index contributed by atoms with van der Waals surface area (Å²) in [5.41, 5.74) is 0. The number of carbonyl (C=O) groups is 1. The first-order valence-corrected chi connectivity index (χ1v) is 5.41. The number of hydrogen-bond donors (Lipinski definition) is 2. The van der Waals surface area contributed by atoms with Crippen molar-refractivity contribution in [3.63, 3.8) is 0 Å². The van der Waals surface area contributed by atoms with Crippen molar-refractivity contribution < 1.29 is 23.1 Å². The molecule has 6 heteroatoms. The van der Waals surface area contributed by atoms with Crippen LogP contribution in [0.4, 0.5) is 13.2 Å². The van der Waals surface area contributed by atoms with Gasteiger partial charge in [0.15, 0.2) is 0 Å². The average Bonchev–Trinajstić information content (AvgIpc) is 2.16. The van der Waals surface area contributed by atoms with Gasteiger partial charge >= 0.3 is 12.1 Å². The van der Waals surface area contributed by atoms with E-state index in [0.717, 1.165) is 0 Å². The summed E-state index contributed by atoms with van der Waals surface area (Å²) in [4.78, 5) is 10.2. The van der Waals surface area contributed by atoms with Crippen molar-refractivity contribution in [2.75, 3.05) is 6.54 Å². The van der Waals surface area contributed by atoms with E-state index in [1.54, 1.807) is 0 Å². The molecular weight excluding hydrogens is 223 g/mol. The summed E-state index contributed by atoms with van der Waals surface area (Å²) >= 11 is 0. The molecule has 1 fully saturated rings. The highest BCUT2D eigenvalue weighted by Gasteiger charge is 2.41. The van der Waals surface area contributed by atoms with E-state index in [-0.39, 0.29) is 25.3 Å². The van der Waals surface area contributed by atoms with Crippen molar-refractivity contribution in [1.29, 1.82) is 0 Å². The maximum atomic E-state index is 12.3. The van der Waals surface area contributed by atoms with Crippen molar-refractivity contribution in [3.8, 4) is 0 Å². The van der Waals surface area contributed by atoms with Gasteiger partial charge in [-0.25, -0.2) is 0 Å². The van der Waals surface area contributed by atoms with Gasteiger partial charge in [0.1, 0.15) is 0 Å². The zero-order chi connectivity index (χ0) is 12.2. The maximum absolute atomic E-state index is 12.3. The fraction of sp³-hybridized carbons (Fsp3) is 0.900. The third-order valence-electron chi connectivity index (χ3n) is 2.96. The molecule has 0 saturated heterocycles. The Labute approximate surface area is 92.0 Å². The van der Waals surface area contributed by atoms with Crippen LogP contribution in [0.25, 0.3) is 0 Å². The zero-order valence-corrected chi connectivity index (χ0v) is 8.89. The van der Waals surface area contributed by atoms with E-state index in [1.165, 1.54) is 0 Å². The predicted molar refractivity (Wildman–Crippen MR) is 52.1 cm³/mol. The summed E-state index contributed by atoms with van der Waals surface area (Å²) in [6.07, 6.45) is -2.82. The molecule has 0 heterocycles. The minimum atomic E-state index is -4.08. The molecule has 1 rings (SSSR count). The van der Waals surface area contributed by atoms with Crippen LogP contribution in [0.1, 0.15) is 32.1 Å². The molecule has 0 radical (unpaired) electrons. The van der Waals surface area contributed by atoms with Crippen LogP contribution in [-0.2, 0) is 4.79 Å². The molecule has 2 N–H and O–H groups in total. The molecule has 1 aliphatic rings. The lowest BCUT2D eigenvalue weighted by Crippen LogP contribution is -2.37. The summed E-state index contributed by atoms with van der Waals surface area (Å²) in [5, 5.41) is 11.4. The lowest BCUT2D eigenvalue weighted by molar-refractivity contribution is -0.182. The van der Waals surface area contributed by atoms with Crippen LogP contribution in [0.5, 0.6) is 0 Å². The Morgan fingerprint density at radius 2 is 1.81 bits per heavy atom. The molecule has 0 atom stereocenters. The number of carboxylic acids is 1. The minimum absolute atomic E-state index is 0.0131. The quantitative estimate of drug-likeness (QED) is 0.790. The van der Waals surface area contributed by atoms with E-state index >= 15 is 0 Å². The van der Waals surface area contributed by atoms with E-state index in [9.17, 15) is 18.0 Å². The second-order valence-electron chi connectivity index (χ2n) is 4.19. The molecule has 0 bridgehead atoms. The number of aliphatic carboxylic acids is 1. The highest BCUT2D eigenvalue weighted by Crippen LogP contribution is 2.37. The Balaban J connectivity index is 2.19. The third kappa shape index (κ3) is 4.38. The van der Waals surface area contributed by atoms with Crippen LogP contribution in [0.2, 0.25) is 0 Å². The van der Waals surface area contributed by atoms with Crippen molar-refractivity contribution in [2.45, 2.75) is 44.3 Å². The fourth-order valence-electron chi connectivity index (χ4n) is 2.01. The molecule has 94 valence electrons. The van der Waals surface area contributed by atoms with Gasteiger partial charge in [-0.15, -0.1) is 0 Å². The van der Waals surface area contributed by atoms with Gasteiger partial charge in [0.2, 0.25) is 0 Å². The lowest BCUT2D eigenvalue weighted by Gasteiger charge is -2.30.